The first-order valence-electron chi connectivity index (χ1n) is 10.0. The maximum Gasteiger partial charge on any atom is 0.115 e. The number of unbranched alkanes of at least 4 members (excludes halogenated alkanes) is 8. The molecule has 0 spiro atoms. The van der Waals surface area contributed by atoms with Crippen molar-refractivity contribution in [1.82, 2.24) is 0 Å². The Bertz CT molecular complexity index is 419. The van der Waals surface area contributed by atoms with Crippen molar-refractivity contribution in [3.05, 3.63) is 60.9 Å². The minimum absolute atomic E-state index is 0.102. The van der Waals surface area contributed by atoms with Crippen LogP contribution in [-0.2, 0) is 4.74 Å². The van der Waals surface area contributed by atoms with Gasteiger partial charge >= 0.3 is 0 Å². The van der Waals surface area contributed by atoms with E-state index in [4.69, 9.17) is 14.9 Å². The van der Waals surface area contributed by atoms with Crippen LogP contribution in [0, 0.1) is 0 Å². The monoisotopic (exact) mass is 362 g/mol. The van der Waals surface area contributed by atoms with Crippen molar-refractivity contribution in [3.8, 4) is 0 Å². The van der Waals surface area contributed by atoms with E-state index in [1.165, 1.54) is 64.0 Å². The summed E-state index contributed by atoms with van der Waals surface area (Å²) in [7, 11) is 0. The number of allylic oxidation sites excluding steroid dienone is 9. The average Bonchev–Trinajstić information content (AvgIpc) is 2.66. The third kappa shape index (κ3) is 20.5. The molecule has 0 aliphatic carbocycles. The van der Waals surface area contributed by atoms with E-state index in [0.717, 1.165) is 0 Å². The third-order valence-corrected chi connectivity index (χ3v) is 3.81. The second-order valence-electron chi connectivity index (χ2n) is 6.34. The molecule has 3 heteroatoms. The highest BCUT2D eigenvalue weighted by Crippen LogP contribution is 2.09. The zero-order valence-corrected chi connectivity index (χ0v) is 16.4. The molecule has 0 aromatic rings. The van der Waals surface area contributed by atoms with Crippen molar-refractivity contribution in [2.45, 2.75) is 70.8 Å². The molecule has 0 heterocycles. The fourth-order valence-corrected chi connectivity index (χ4v) is 2.28. The third-order valence-electron chi connectivity index (χ3n) is 3.81. The van der Waals surface area contributed by atoms with E-state index < -0.39 is 6.10 Å². The highest BCUT2D eigenvalue weighted by atomic mass is 16.5. The molecule has 0 saturated carbocycles. The summed E-state index contributed by atoms with van der Waals surface area (Å²) in [5.41, 5.74) is 0. The summed E-state index contributed by atoms with van der Waals surface area (Å²) >= 11 is 0. The van der Waals surface area contributed by atoms with E-state index in [0.29, 0.717) is 0 Å². The Balaban J connectivity index is 3.49. The lowest BCUT2D eigenvalue weighted by molar-refractivity contribution is 0.0384. The molecule has 0 bridgehead atoms. The van der Waals surface area contributed by atoms with Crippen molar-refractivity contribution in [2.24, 2.45) is 0 Å². The molecule has 0 aromatic carbocycles. The molecule has 26 heavy (non-hydrogen) atoms. The standard InChI is InChI=1S/C23H38O3/c1-2-3-4-5-6-7-8-9-10-11-12-13-14-15-16-17-18-19-20-26-22-23(25)21-24/h11-20,23-25H,2-10,21-22H2,1H3/b12-11+,14-13+,16-15+,18-17+,20-19+/t23-/m0/s1. The van der Waals surface area contributed by atoms with E-state index in [1.54, 1.807) is 6.08 Å². The van der Waals surface area contributed by atoms with Gasteiger partial charge in [0.1, 0.15) is 12.7 Å². The molecule has 1 atom stereocenters. The summed E-state index contributed by atoms with van der Waals surface area (Å²) < 4.78 is 5.03. The van der Waals surface area contributed by atoms with Crippen LogP contribution in [0.4, 0.5) is 0 Å². The Morgan fingerprint density at radius 3 is 1.88 bits per heavy atom. The van der Waals surface area contributed by atoms with Gasteiger partial charge < -0.3 is 14.9 Å². The van der Waals surface area contributed by atoms with Gasteiger partial charge in [0.05, 0.1) is 12.9 Å². The van der Waals surface area contributed by atoms with Gasteiger partial charge in [0.25, 0.3) is 0 Å². The number of ether oxygens (including phenoxy) is 1. The van der Waals surface area contributed by atoms with Crippen LogP contribution >= 0.6 is 0 Å². The first-order valence-corrected chi connectivity index (χ1v) is 10.0. The minimum Gasteiger partial charge on any atom is -0.498 e. The van der Waals surface area contributed by atoms with Crippen molar-refractivity contribution < 1.29 is 14.9 Å². The van der Waals surface area contributed by atoms with Crippen molar-refractivity contribution in [1.29, 1.82) is 0 Å². The van der Waals surface area contributed by atoms with Crippen LogP contribution in [0.3, 0.4) is 0 Å². The SMILES string of the molecule is CCCCCCCCCC/C=C/C=C/C=C/C=C/C=C/OC[C@@H](O)CO. The second-order valence-corrected chi connectivity index (χ2v) is 6.34. The van der Waals surface area contributed by atoms with Crippen molar-refractivity contribution in [3.63, 3.8) is 0 Å². The number of hydrogen-bond donors (Lipinski definition) is 2. The van der Waals surface area contributed by atoms with Gasteiger partial charge in [-0.15, -0.1) is 0 Å². The van der Waals surface area contributed by atoms with E-state index in [9.17, 15) is 0 Å². The molecule has 0 unspecified atom stereocenters. The molecule has 0 rings (SSSR count). The molecule has 0 saturated heterocycles. The van der Waals surface area contributed by atoms with Crippen LogP contribution in [0.25, 0.3) is 0 Å². The van der Waals surface area contributed by atoms with Gasteiger partial charge in [-0.3, -0.25) is 0 Å². The topological polar surface area (TPSA) is 49.7 Å². The number of rotatable bonds is 17. The summed E-state index contributed by atoms with van der Waals surface area (Å²) in [6.07, 6.45) is 30.6. The van der Waals surface area contributed by atoms with Crippen molar-refractivity contribution >= 4 is 0 Å². The zero-order valence-electron chi connectivity index (χ0n) is 16.4. The number of aliphatic hydroxyl groups is 2. The summed E-state index contributed by atoms with van der Waals surface area (Å²) in [6.45, 7) is 2.08. The molecular weight excluding hydrogens is 324 g/mol. The molecule has 0 radical (unpaired) electrons. The number of hydrogen-bond acceptors (Lipinski definition) is 3. The van der Waals surface area contributed by atoms with Crippen LogP contribution in [-0.4, -0.2) is 29.5 Å². The highest BCUT2D eigenvalue weighted by Gasteiger charge is 1.98. The van der Waals surface area contributed by atoms with Gasteiger partial charge in [-0.1, -0.05) is 100 Å². The highest BCUT2D eigenvalue weighted by molar-refractivity contribution is 5.17. The largest absolute Gasteiger partial charge is 0.498 e. The van der Waals surface area contributed by atoms with Gasteiger partial charge in [0.2, 0.25) is 0 Å². The van der Waals surface area contributed by atoms with Crippen molar-refractivity contribution in [2.75, 3.05) is 13.2 Å². The van der Waals surface area contributed by atoms with Crippen LogP contribution in [0.5, 0.6) is 0 Å². The number of aliphatic hydroxyl groups excluding tert-OH is 2. The second kappa shape index (κ2) is 21.5. The van der Waals surface area contributed by atoms with Gasteiger partial charge in [0.15, 0.2) is 0 Å². The predicted octanol–water partition coefficient (Wildman–Crippen LogP) is 5.63. The quantitative estimate of drug-likeness (QED) is 0.200. The Hall–Kier alpha value is -1.58. The molecule has 0 aromatic heterocycles. The Kier molecular flexibility index (Phi) is 20.2. The lowest BCUT2D eigenvalue weighted by Crippen LogP contribution is -2.17. The smallest absolute Gasteiger partial charge is 0.115 e. The van der Waals surface area contributed by atoms with E-state index in [1.807, 2.05) is 36.5 Å². The summed E-state index contributed by atoms with van der Waals surface area (Å²) in [5, 5.41) is 17.7. The van der Waals surface area contributed by atoms with Gasteiger partial charge in [-0.25, -0.2) is 0 Å². The van der Waals surface area contributed by atoms with Crippen LogP contribution in [0.15, 0.2) is 60.9 Å². The van der Waals surface area contributed by atoms with E-state index >= 15 is 0 Å². The summed E-state index contributed by atoms with van der Waals surface area (Å²) in [6, 6.07) is 0. The molecule has 3 nitrogen and oxygen atoms in total. The molecule has 0 aliphatic heterocycles. The first kappa shape index (κ1) is 24.4. The Morgan fingerprint density at radius 2 is 1.27 bits per heavy atom. The summed E-state index contributed by atoms with van der Waals surface area (Å²) in [4.78, 5) is 0. The van der Waals surface area contributed by atoms with Gasteiger partial charge in [-0.05, 0) is 18.9 Å². The first-order chi connectivity index (χ1) is 12.8. The Morgan fingerprint density at radius 1 is 0.731 bits per heavy atom. The van der Waals surface area contributed by atoms with Crippen LogP contribution in [0.1, 0.15) is 64.7 Å². The molecule has 0 aliphatic rings. The maximum atomic E-state index is 9.06. The minimum atomic E-state index is -0.822. The fourth-order valence-electron chi connectivity index (χ4n) is 2.28. The van der Waals surface area contributed by atoms with Gasteiger partial charge in [-0.2, -0.15) is 0 Å². The fraction of sp³-hybridized carbons (Fsp3) is 0.565. The summed E-state index contributed by atoms with van der Waals surface area (Å²) in [5.74, 6) is 0. The zero-order chi connectivity index (χ0) is 19.1. The molecule has 2 N–H and O–H groups in total. The molecule has 0 fully saturated rings. The van der Waals surface area contributed by atoms with E-state index in [-0.39, 0.29) is 13.2 Å². The normalized spacial score (nSPS) is 14.0. The Labute approximate surface area is 160 Å². The van der Waals surface area contributed by atoms with E-state index in [2.05, 4.69) is 19.1 Å². The average molecular weight is 363 g/mol. The lowest BCUT2D eigenvalue weighted by Gasteiger charge is -2.04. The van der Waals surface area contributed by atoms with Gasteiger partial charge in [0, 0.05) is 0 Å². The molecule has 0 amide bonds. The lowest BCUT2D eigenvalue weighted by atomic mass is 10.1. The molecule has 148 valence electrons. The predicted molar refractivity (Wildman–Crippen MR) is 112 cm³/mol. The van der Waals surface area contributed by atoms with Crippen LogP contribution < -0.4 is 0 Å². The maximum absolute atomic E-state index is 9.06. The molecular formula is C23H38O3. The van der Waals surface area contributed by atoms with Crippen LogP contribution in [0.2, 0.25) is 0 Å².